The van der Waals surface area contributed by atoms with Crippen LogP contribution in [-0.4, -0.2) is 78.1 Å². The maximum atomic E-state index is 12.2. The number of likely N-dealkylation sites (N-methyl/N-ethyl adjacent to an activating group) is 1. The van der Waals surface area contributed by atoms with E-state index < -0.39 is 0 Å². The molecule has 1 aromatic heterocycles. The first kappa shape index (κ1) is 20.4. The molecule has 2 heterocycles. The van der Waals surface area contributed by atoms with Crippen LogP contribution in [0.1, 0.15) is 21.2 Å². The van der Waals surface area contributed by atoms with Gasteiger partial charge in [0, 0.05) is 57.8 Å². The van der Waals surface area contributed by atoms with Crippen LogP contribution in [0.25, 0.3) is 0 Å². The van der Waals surface area contributed by atoms with Gasteiger partial charge in [-0.2, -0.15) is 0 Å². The average molecular weight is 403 g/mol. The third-order valence-corrected chi connectivity index (χ3v) is 5.59. The lowest BCUT2D eigenvalue weighted by molar-refractivity contribution is -0.121. The number of nitrogens with one attached hydrogen (secondary N) is 2. The molecule has 8 nitrogen and oxygen atoms in total. The Morgan fingerprint density at radius 2 is 1.86 bits per heavy atom. The maximum Gasteiger partial charge on any atom is 0.286 e. The van der Waals surface area contributed by atoms with E-state index in [1.807, 2.05) is 30.3 Å². The van der Waals surface area contributed by atoms with Gasteiger partial charge in [-0.25, -0.2) is 0 Å². The van der Waals surface area contributed by atoms with Crippen molar-refractivity contribution in [1.82, 2.24) is 25.3 Å². The van der Waals surface area contributed by atoms with Crippen LogP contribution in [0.3, 0.4) is 0 Å². The molecule has 0 saturated carbocycles. The molecule has 0 spiro atoms. The number of amides is 2. The number of carbonyl (C=O) groups excluding carboxylic acids is 2. The second-order valence-corrected chi connectivity index (χ2v) is 7.88. The summed E-state index contributed by atoms with van der Waals surface area (Å²) in [6, 6.07) is 9.21. The van der Waals surface area contributed by atoms with Crippen molar-refractivity contribution in [3.63, 3.8) is 0 Å². The van der Waals surface area contributed by atoms with Gasteiger partial charge in [-0.15, -0.1) is 10.2 Å². The molecule has 28 heavy (non-hydrogen) atoms. The van der Waals surface area contributed by atoms with Crippen molar-refractivity contribution in [1.29, 1.82) is 0 Å². The van der Waals surface area contributed by atoms with Crippen LogP contribution in [0.15, 0.2) is 30.3 Å². The Morgan fingerprint density at radius 3 is 2.61 bits per heavy atom. The molecule has 1 aromatic carbocycles. The quantitative estimate of drug-likeness (QED) is 0.687. The number of aromatic nitrogens is 2. The molecule has 1 aliphatic rings. The number of para-hydroxylation sites is 1. The van der Waals surface area contributed by atoms with Crippen LogP contribution in [0.2, 0.25) is 0 Å². The fraction of sp³-hybridized carbons (Fsp3) is 0.474. The monoisotopic (exact) mass is 402 g/mol. The van der Waals surface area contributed by atoms with Crippen molar-refractivity contribution < 1.29 is 9.59 Å². The van der Waals surface area contributed by atoms with Gasteiger partial charge in [0.1, 0.15) is 5.01 Å². The number of nitrogens with zero attached hydrogens (tertiary/aromatic N) is 4. The third-order valence-electron chi connectivity index (χ3n) is 4.60. The molecule has 0 atom stereocenters. The van der Waals surface area contributed by atoms with E-state index in [0.29, 0.717) is 35.1 Å². The van der Waals surface area contributed by atoms with Crippen LogP contribution in [0.4, 0.5) is 5.69 Å². The van der Waals surface area contributed by atoms with Crippen LogP contribution in [0, 0.1) is 0 Å². The van der Waals surface area contributed by atoms with Gasteiger partial charge in [0.2, 0.25) is 10.9 Å². The molecule has 0 radical (unpaired) electrons. The third kappa shape index (κ3) is 6.36. The van der Waals surface area contributed by atoms with Crippen molar-refractivity contribution in [2.24, 2.45) is 0 Å². The Morgan fingerprint density at radius 1 is 1.11 bits per heavy atom. The standard InChI is InChI=1S/C19H26N6O2S/c1-24-11-13-25(14-12-24)10-9-20-16(26)7-8-17-22-23-19(28-17)18(27)21-15-5-3-2-4-6-15/h2-6H,7-14H2,1H3,(H,20,26)(H,21,27). The second-order valence-electron chi connectivity index (χ2n) is 6.82. The summed E-state index contributed by atoms with van der Waals surface area (Å²) in [6.07, 6.45) is 0.828. The highest BCUT2D eigenvalue weighted by Gasteiger charge is 2.15. The molecular formula is C19H26N6O2S. The summed E-state index contributed by atoms with van der Waals surface area (Å²) >= 11 is 1.22. The van der Waals surface area contributed by atoms with Crippen molar-refractivity contribution in [3.8, 4) is 0 Å². The first-order chi connectivity index (χ1) is 13.6. The Kier molecular flexibility index (Phi) is 7.46. The fourth-order valence-electron chi connectivity index (χ4n) is 2.89. The minimum absolute atomic E-state index is 0.000357. The summed E-state index contributed by atoms with van der Waals surface area (Å²) in [7, 11) is 2.13. The summed E-state index contributed by atoms with van der Waals surface area (Å²) in [4.78, 5) is 28.9. The molecule has 2 N–H and O–H groups in total. The number of anilines is 1. The van der Waals surface area contributed by atoms with E-state index in [9.17, 15) is 9.59 Å². The minimum Gasteiger partial charge on any atom is -0.355 e. The van der Waals surface area contributed by atoms with Gasteiger partial charge >= 0.3 is 0 Å². The topological polar surface area (TPSA) is 90.5 Å². The fourth-order valence-corrected chi connectivity index (χ4v) is 3.62. The Labute approximate surface area is 168 Å². The predicted molar refractivity (Wildman–Crippen MR) is 110 cm³/mol. The van der Waals surface area contributed by atoms with Crippen molar-refractivity contribution >= 4 is 28.8 Å². The van der Waals surface area contributed by atoms with E-state index in [0.717, 1.165) is 32.7 Å². The molecule has 2 amide bonds. The van der Waals surface area contributed by atoms with Crippen LogP contribution >= 0.6 is 11.3 Å². The van der Waals surface area contributed by atoms with E-state index in [-0.39, 0.29) is 11.8 Å². The molecule has 3 rings (SSSR count). The highest BCUT2D eigenvalue weighted by Crippen LogP contribution is 2.14. The Balaban J connectivity index is 1.35. The second kappa shape index (κ2) is 10.3. The zero-order valence-corrected chi connectivity index (χ0v) is 16.9. The van der Waals surface area contributed by atoms with Crippen molar-refractivity contribution in [2.45, 2.75) is 12.8 Å². The molecular weight excluding hydrogens is 376 g/mol. The van der Waals surface area contributed by atoms with Gasteiger partial charge in [0.15, 0.2) is 0 Å². The zero-order chi connectivity index (χ0) is 19.8. The number of benzene rings is 1. The molecule has 9 heteroatoms. The summed E-state index contributed by atoms with van der Waals surface area (Å²) in [5.41, 5.74) is 0.712. The molecule has 2 aromatic rings. The normalized spacial score (nSPS) is 15.3. The lowest BCUT2D eigenvalue weighted by atomic mass is 10.3. The van der Waals surface area contributed by atoms with Gasteiger partial charge in [-0.3, -0.25) is 14.5 Å². The molecule has 0 unspecified atom stereocenters. The highest BCUT2D eigenvalue weighted by molar-refractivity contribution is 7.13. The van der Waals surface area contributed by atoms with Crippen LogP contribution < -0.4 is 10.6 Å². The number of aryl methyl sites for hydroxylation is 1. The number of hydrogen-bond acceptors (Lipinski definition) is 7. The summed E-state index contributed by atoms with van der Waals surface area (Å²) in [5.74, 6) is -0.286. The highest BCUT2D eigenvalue weighted by atomic mass is 32.1. The predicted octanol–water partition coefficient (Wildman–Crippen LogP) is 1.09. The smallest absolute Gasteiger partial charge is 0.286 e. The lowest BCUT2D eigenvalue weighted by Gasteiger charge is -2.32. The number of rotatable bonds is 8. The number of piperazine rings is 1. The van der Waals surface area contributed by atoms with Gasteiger partial charge < -0.3 is 15.5 Å². The minimum atomic E-state index is -0.286. The summed E-state index contributed by atoms with van der Waals surface area (Å²) in [6.45, 7) is 5.78. The van der Waals surface area contributed by atoms with Gasteiger partial charge in [-0.05, 0) is 19.2 Å². The van der Waals surface area contributed by atoms with Gasteiger partial charge in [-0.1, -0.05) is 29.5 Å². The molecule has 150 valence electrons. The molecule has 0 aliphatic carbocycles. The maximum absolute atomic E-state index is 12.2. The average Bonchev–Trinajstić information content (AvgIpc) is 3.18. The van der Waals surface area contributed by atoms with Crippen LogP contribution in [0.5, 0.6) is 0 Å². The van der Waals surface area contributed by atoms with E-state index in [1.54, 1.807) is 0 Å². The van der Waals surface area contributed by atoms with E-state index >= 15 is 0 Å². The van der Waals surface area contributed by atoms with Crippen LogP contribution in [-0.2, 0) is 11.2 Å². The van der Waals surface area contributed by atoms with E-state index in [1.165, 1.54) is 11.3 Å². The first-order valence-corrected chi connectivity index (χ1v) is 10.3. The Bertz CT molecular complexity index is 774. The molecule has 1 aliphatic heterocycles. The van der Waals surface area contributed by atoms with E-state index in [2.05, 4.69) is 37.7 Å². The molecule has 0 bridgehead atoms. The lowest BCUT2D eigenvalue weighted by Crippen LogP contribution is -2.46. The van der Waals surface area contributed by atoms with Crippen molar-refractivity contribution in [2.75, 3.05) is 51.6 Å². The van der Waals surface area contributed by atoms with Gasteiger partial charge in [0.25, 0.3) is 5.91 Å². The van der Waals surface area contributed by atoms with Gasteiger partial charge in [0.05, 0.1) is 0 Å². The largest absolute Gasteiger partial charge is 0.355 e. The SMILES string of the molecule is CN1CCN(CCNC(=O)CCc2nnc(C(=O)Nc3ccccc3)s2)CC1. The summed E-state index contributed by atoms with van der Waals surface area (Å²) < 4.78 is 0. The zero-order valence-electron chi connectivity index (χ0n) is 16.1. The summed E-state index contributed by atoms with van der Waals surface area (Å²) in [5, 5.41) is 14.7. The number of hydrogen-bond donors (Lipinski definition) is 2. The van der Waals surface area contributed by atoms with E-state index in [4.69, 9.17) is 0 Å². The number of carbonyl (C=O) groups is 2. The molecule has 1 fully saturated rings. The molecule has 1 saturated heterocycles. The first-order valence-electron chi connectivity index (χ1n) is 9.46. The van der Waals surface area contributed by atoms with Crippen molar-refractivity contribution in [3.05, 3.63) is 40.3 Å². The Hall–Kier alpha value is -2.36.